The highest BCUT2D eigenvalue weighted by atomic mass is 32.1. The van der Waals surface area contributed by atoms with Crippen LogP contribution in [0.4, 0.5) is 0 Å². The maximum absolute atomic E-state index is 10.7. The van der Waals surface area contributed by atoms with Gasteiger partial charge in [0.15, 0.2) is 0 Å². The van der Waals surface area contributed by atoms with Gasteiger partial charge in [-0.15, -0.1) is 0 Å². The minimum absolute atomic E-state index is 0.0669. The van der Waals surface area contributed by atoms with E-state index >= 15 is 0 Å². The zero-order valence-corrected chi connectivity index (χ0v) is 7.39. The van der Waals surface area contributed by atoms with Crippen LogP contribution in [0.1, 0.15) is 19.3 Å². The van der Waals surface area contributed by atoms with Crippen LogP contribution in [0.3, 0.4) is 0 Å². The van der Waals surface area contributed by atoms with Crippen LogP contribution >= 0.6 is 12.6 Å². The number of hydrogen-bond acceptors (Lipinski definition) is 4. The lowest BCUT2D eigenvalue weighted by Crippen LogP contribution is -2.03. The molecular weight excluding hydrogens is 164 g/mol. The second kappa shape index (κ2) is 6.22. The zero-order chi connectivity index (χ0) is 8.69. The average molecular weight is 176 g/mol. The van der Waals surface area contributed by atoms with Crippen molar-refractivity contribution in [1.29, 1.82) is 0 Å². The number of hydrogen-bond donors (Lipinski definition) is 1. The molecular formula is C7H12O3S. The molecule has 0 atom stereocenters. The number of methoxy groups -OCH3 is 1. The fourth-order valence-corrected chi connectivity index (χ4v) is 0.769. The molecule has 0 fully saturated rings. The van der Waals surface area contributed by atoms with Crippen molar-refractivity contribution < 1.29 is 14.3 Å². The summed E-state index contributed by atoms with van der Waals surface area (Å²) in [4.78, 5) is 21.2. The van der Waals surface area contributed by atoms with Crippen LogP contribution in [0.5, 0.6) is 0 Å². The SMILES string of the molecule is COC(=O)CCCC(=O)CS. The molecule has 0 radical (unpaired) electrons. The third-order valence-corrected chi connectivity index (χ3v) is 1.59. The van der Waals surface area contributed by atoms with Crippen molar-refractivity contribution in [3.63, 3.8) is 0 Å². The number of carbonyl (C=O) groups is 2. The molecule has 0 saturated carbocycles. The molecule has 0 unspecified atom stereocenters. The van der Waals surface area contributed by atoms with Crippen LogP contribution in [-0.2, 0) is 14.3 Å². The lowest BCUT2D eigenvalue weighted by atomic mass is 10.2. The minimum atomic E-state index is -0.267. The molecule has 0 aromatic heterocycles. The Bertz CT molecular complexity index is 129. The van der Waals surface area contributed by atoms with Gasteiger partial charge in [-0.1, -0.05) is 0 Å². The number of rotatable bonds is 5. The van der Waals surface area contributed by atoms with Crippen LogP contribution in [0, 0.1) is 0 Å². The Kier molecular flexibility index (Phi) is 5.93. The molecule has 0 aliphatic carbocycles. The van der Waals surface area contributed by atoms with Gasteiger partial charge in [0.1, 0.15) is 5.78 Å². The lowest BCUT2D eigenvalue weighted by Gasteiger charge is -1.96. The molecule has 0 saturated heterocycles. The van der Waals surface area contributed by atoms with Crippen molar-refractivity contribution in [2.45, 2.75) is 19.3 Å². The first-order valence-corrected chi connectivity index (χ1v) is 4.03. The van der Waals surface area contributed by atoms with E-state index in [0.717, 1.165) is 0 Å². The van der Waals surface area contributed by atoms with Gasteiger partial charge >= 0.3 is 5.97 Å². The maximum atomic E-state index is 10.7. The number of thiol groups is 1. The first-order valence-electron chi connectivity index (χ1n) is 3.40. The molecule has 0 rings (SSSR count). The standard InChI is InChI=1S/C7H12O3S/c1-10-7(9)4-2-3-6(8)5-11/h11H,2-5H2,1H3. The van der Waals surface area contributed by atoms with Gasteiger partial charge < -0.3 is 4.74 Å². The summed E-state index contributed by atoms with van der Waals surface area (Å²) < 4.78 is 4.40. The van der Waals surface area contributed by atoms with Gasteiger partial charge in [0.25, 0.3) is 0 Å². The molecule has 0 heterocycles. The Morgan fingerprint density at radius 3 is 2.45 bits per heavy atom. The van der Waals surface area contributed by atoms with Gasteiger partial charge in [0, 0.05) is 18.6 Å². The Hall–Kier alpha value is -0.510. The number of ether oxygens (including phenoxy) is 1. The van der Waals surface area contributed by atoms with Crippen LogP contribution in [-0.4, -0.2) is 24.6 Å². The van der Waals surface area contributed by atoms with E-state index in [1.165, 1.54) is 7.11 Å². The third kappa shape index (κ3) is 5.91. The molecule has 0 aromatic carbocycles. The van der Waals surface area contributed by atoms with Crippen LogP contribution < -0.4 is 0 Å². The summed E-state index contributed by atoms with van der Waals surface area (Å²) >= 11 is 3.80. The molecule has 0 N–H and O–H groups in total. The molecule has 64 valence electrons. The van der Waals surface area contributed by atoms with E-state index in [9.17, 15) is 9.59 Å². The van der Waals surface area contributed by atoms with E-state index in [-0.39, 0.29) is 17.5 Å². The van der Waals surface area contributed by atoms with Crippen molar-refractivity contribution in [1.82, 2.24) is 0 Å². The predicted molar refractivity (Wildman–Crippen MR) is 44.7 cm³/mol. The molecule has 0 aliphatic heterocycles. The topological polar surface area (TPSA) is 43.4 Å². The summed E-state index contributed by atoms with van der Waals surface area (Å²) in [6.07, 6.45) is 1.29. The zero-order valence-electron chi connectivity index (χ0n) is 6.50. The van der Waals surface area contributed by atoms with Gasteiger partial charge in [-0.05, 0) is 6.42 Å². The second-order valence-electron chi connectivity index (χ2n) is 2.13. The fraction of sp³-hybridized carbons (Fsp3) is 0.714. The monoisotopic (exact) mass is 176 g/mol. The van der Waals surface area contributed by atoms with Gasteiger partial charge in [0.05, 0.1) is 7.11 Å². The van der Waals surface area contributed by atoms with E-state index in [1.807, 2.05) is 0 Å². The summed E-state index contributed by atoms with van der Waals surface area (Å²) in [5.74, 6) is 0.0513. The average Bonchev–Trinajstić information content (AvgIpc) is 2.04. The van der Waals surface area contributed by atoms with E-state index in [2.05, 4.69) is 17.4 Å². The molecule has 4 heteroatoms. The number of Topliss-reactive ketones (excluding diaryl/α,β-unsaturated/α-hetero) is 1. The van der Waals surface area contributed by atoms with Crippen LogP contribution in [0.2, 0.25) is 0 Å². The Morgan fingerprint density at radius 2 is 2.00 bits per heavy atom. The molecule has 3 nitrogen and oxygen atoms in total. The summed E-state index contributed by atoms with van der Waals surface area (Å²) in [5, 5.41) is 0. The van der Waals surface area contributed by atoms with Gasteiger partial charge in [-0.25, -0.2) is 0 Å². The van der Waals surface area contributed by atoms with Gasteiger partial charge in [-0.3, -0.25) is 9.59 Å². The molecule has 11 heavy (non-hydrogen) atoms. The largest absolute Gasteiger partial charge is 0.469 e. The summed E-state index contributed by atoms with van der Waals surface area (Å²) in [5.41, 5.74) is 0. The van der Waals surface area contributed by atoms with Crippen molar-refractivity contribution in [3.8, 4) is 0 Å². The smallest absolute Gasteiger partial charge is 0.305 e. The van der Waals surface area contributed by atoms with Crippen molar-refractivity contribution >= 4 is 24.4 Å². The predicted octanol–water partition coefficient (Wildman–Crippen LogP) is 0.829. The quantitative estimate of drug-likeness (QED) is 0.498. The number of carbonyl (C=O) groups excluding carboxylic acids is 2. The van der Waals surface area contributed by atoms with Crippen molar-refractivity contribution in [3.05, 3.63) is 0 Å². The van der Waals surface area contributed by atoms with Crippen LogP contribution in [0.15, 0.2) is 0 Å². The second-order valence-corrected chi connectivity index (χ2v) is 2.44. The molecule has 0 amide bonds. The highest BCUT2D eigenvalue weighted by molar-refractivity contribution is 7.81. The Morgan fingerprint density at radius 1 is 1.36 bits per heavy atom. The van der Waals surface area contributed by atoms with E-state index < -0.39 is 0 Å². The highest BCUT2D eigenvalue weighted by Gasteiger charge is 2.02. The molecule has 0 aliphatic rings. The first-order chi connectivity index (χ1) is 5.20. The minimum Gasteiger partial charge on any atom is -0.469 e. The summed E-state index contributed by atoms with van der Waals surface area (Å²) in [7, 11) is 1.34. The van der Waals surface area contributed by atoms with E-state index in [1.54, 1.807) is 0 Å². The fourth-order valence-electron chi connectivity index (χ4n) is 0.611. The van der Waals surface area contributed by atoms with Crippen molar-refractivity contribution in [2.75, 3.05) is 12.9 Å². The maximum Gasteiger partial charge on any atom is 0.305 e. The van der Waals surface area contributed by atoms with Gasteiger partial charge in [-0.2, -0.15) is 12.6 Å². The number of ketones is 1. The lowest BCUT2D eigenvalue weighted by molar-refractivity contribution is -0.140. The Labute approximate surface area is 71.5 Å². The third-order valence-electron chi connectivity index (χ3n) is 1.24. The summed E-state index contributed by atoms with van der Waals surface area (Å²) in [6.45, 7) is 0. The van der Waals surface area contributed by atoms with Crippen LogP contribution in [0.25, 0.3) is 0 Å². The Balaban J connectivity index is 3.27. The molecule has 0 spiro atoms. The normalized spacial score (nSPS) is 9.27. The van der Waals surface area contributed by atoms with E-state index in [0.29, 0.717) is 19.3 Å². The highest BCUT2D eigenvalue weighted by Crippen LogP contribution is 1.98. The number of esters is 1. The van der Waals surface area contributed by atoms with E-state index in [4.69, 9.17) is 0 Å². The summed E-state index contributed by atoms with van der Waals surface area (Å²) in [6, 6.07) is 0. The first kappa shape index (κ1) is 10.5. The van der Waals surface area contributed by atoms with Gasteiger partial charge in [0.2, 0.25) is 0 Å². The molecule has 0 aromatic rings. The van der Waals surface area contributed by atoms with Crippen molar-refractivity contribution in [2.24, 2.45) is 0 Å². The molecule has 0 bridgehead atoms.